The predicted octanol–water partition coefficient (Wildman–Crippen LogP) is 2.82. The number of hydrogen-bond acceptors (Lipinski definition) is 4. The zero-order valence-corrected chi connectivity index (χ0v) is 11.6. The van der Waals surface area contributed by atoms with Crippen LogP contribution in [0.3, 0.4) is 0 Å². The third-order valence-corrected chi connectivity index (χ3v) is 2.87. The Kier molecular flexibility index (Phi) is 5.17. The lowest BCUT2D eigenvalue weighted by atomic mass is 10.2. The van der Waals surface area contributed by atoms with E-state index in [0.29, 0.717) is 12.1 Å². The first-order chi connectivity index (χ1) is 9.79. The molecule has 0 unspecified atom stereocenters. The Morgan fingerprint density at radius 2 is 2.25 bits per heavy atom. The van der Waals surface area contributed by atoms with Gasteiger partial charge in [-0.3, -0.25) is 4.79 Å². The standard InChI is InChI=1S/C15H19N3O2/c1-2-3-8-16-14-7-6-12(10-17-14)15(19)18-11-13-5-4-9-20-13/h4-7,9-10H,2-3,8,11H2,1H3,(H,16,17)(H,18,19). The van der Waals surface area contributed by atoms with Gasteiger partial charge in [0.15, 0.2) is 0 Å². The van der Waals surface area contributed by atoms with Gasteiger partial charge in [0, 0.05) is 12.7 Å². The summed E-state index contributed by atoms with van der Waals surface area (Å²) in [7, 11) is 0. The van der Waals surface area contributed by atoms with E-state index in [9.17, 15) is 4.79 Å². The van der Waals surface area contributed by atoms with E-state index in [4.69, 9.17) is 4.42 Å². The fourth-order valence-electron chi connectivity index (χ4n) is 1.71. The van der Waals surface area contributed by atoms with Crippen molar-refractivity contribution in [3.8, 4) is 0 Å². The smallest absolute Gasteiger partial charge is 0.253 e. The number of hydrogen-bond donors (Lipinski definition) is 2. The molecule has 0 radical (unpaired) electrons. The van der Waals surface area contributed by atoms with Crippen molar-refractivity contribution in [2.24, 2.45) is 0 Å². The maximum atomic E-state index is 11.9. The summed E-state index contributed by atoms with van der Waals surface area (Å²) in [6.07, 6.45) is 5.40. The molecule has 0 atom stereocenters. The van der Waals surface area contributed by atoms with Crippen LogP contribution in [-0.4, -0.2) is 17.4 Å². The molecule has 1 amide bonds. The van der Waals surface area contributed by atoms with Crippen molar-refractivity contribution < 1.29 is 9.21 Å². The Morgan fingerprint density at radius 1 is 1.35 bits per heavy atom. The van der Waals surface area contributed by atoms with Gasteiger partial charge < -0.3 is 15.1 Å². The van der Waals surface area contributed by atoms with Gasteiger partial charge in [0.25, 0.3) is 5.91 Å². The highest BCUT2D eigenvalue weighted by Crippen LogP contribution is 2.06. The second-order valence-corrected chi connectivity index (χ2v) is 4.47. The summed E-state index contributed by atoms with van der Waals surface area (Å²) >= 11 is 0. The molecule has 5 nitrogen and oxygen atoms in total. The van der Waals surface area contributed by atoms with E-state index in [1.54, 1.807) is 24.6 Å². The molecular formula is C15H19N3O2. The quantitative estimate of drug-likeness (QED) is 0.761. The Bertz CT molecular complexity index is 521. The largest absolute Gasteiger partial charge is 0.467 e. The van der Waals surface area contributed by atoms with Crippen LogP contribution in [-0.2, 0) is 6.54 Å². The molecule has 2 rings (SSSR count). The first kappa shape index (κ1) is 14.1. The van der Waals surface area contributed by atoms with Crippen molar-refractivity contribution in [2.45, 2.75) is 26.3 Å². The van der Waals surface area contributed by atoms with Crippen molar-refractivity contribution in [1.82, 2.24) is 10.3 Å². The summed E-state index contributed by atoms with van der Waals surface area (Å²) in [5, 5.41) is 5.99. The molecule has 2 aromatic heterocycles. The van der Waals surface area contributed by atoms with Gasteiger partial charge in [-0.1, -0.05) is 13.3 Å². The fraction of sp³-hybridized carbons (Fsp3) is 0.333. The van der Waals surface area contributed by atoms with Crippen LogP contribution >= 0.6 is 0 Å². The summed E-state index contributed by atoms with van der Waals surface area (Å²) in [6.45, 7) is 3.41. The van der Waals surface area contributed by atoms with Gasteiger partial charge >= 0.3 is 0 Å². The van der Waals surface area contributed by atoms with E-state index in [0.717, 1.165) is 31.0 Å². The monoisotopic (exact) mass is 273 g/mol. The molecule has 0 aliphatic heterocycles. The van der Waals surface area contributed by atoms with Crippen LogP contribution in [0, 0.1) is 0 Å². The van der Waals surface area contributed by atoms with E-state index in [1.807, 2.05) is 12.1 Å². The van der Waals surface area contributed by atoms with Crippen molar-refractivity contribution in [2.75, 3.05) is 11.9 Å². The molecule has 2 heterocycles. The lowest BCUT2D eigenvalue weighted by Crippen LogP contribution is -2.22. The molecule has 0 aliphatic rings. The first-order valence-corrected chi connectivity index (χ1v) is 6.80. The van der Waals surface area contributed by atoms with Crippen LogP contribution in [0.5, 0.6) is 0 Å². The van der Waals surface area contributed by atoms with Crippen LogP contribution in [0.15, 0.2) is 41.1 Å². The predicted molar refractivity (Wildman–Crippen MR) is 77.5 cm³/mol. The Morgan fingerprint density at radius 3 is 2.90 bits per heavy atom. The second kappa shape index (κ2) is 7.33. The van der Waals surface area contributed by atoms with Crippen molar-refractivity contribution >= 4 is 11.7 Å². The Hall–Kier alpha value is -2.30. The highest BCUT2D eigenvalue weighted by Gasteiger charge is 2.06. The molecule has 0 saturated carbocycles. The molecule has 0 saturated heterocycles. The van der Waals surface area contributed by atoms with Gasteiger partial charge in [0.2, 0.25) is 0 Å². The number of nitrogens with zero attached hydrogens (tertiary/aromatic N) is 1. The molecule has 0 fully saturated rings. The zero-order chi connectivity index (χ0) is 14.2. The molecule has 0 aliphatic carbocycles. The van der Waals surface area contributed by atoms with Crippen molar-refractivity contribution in [1.29, 1.82) is 0 Å². The van der Waals surface area contributed by atoms with Crippen LogP contribution in [0.4, 0.5) is 5.82 Å². The van der Waals surface area contributed by atoms with Gasteiger partial charge in [0.1, 0.15) is 11.6 Å². The number of carbonyl (C=O) groups excluding carboxylic acids is 1. The molecule has 106 valence electrons. The van der Waals surface area contributed by atoms with E-state index >= 15 is 0 Å². The normalized spacial score (nSPS) is 10.2. The maximum absolute atomic E-state index is 11.9. The van der Waals surface area contributed by atoms with Gasteiger partial charge in [-0.15, -0.1) is 0 Å². The molecular weight excluding hydrogens is 254 g/mol. The zero-order valence-electron chi connectivity index (χ0n) is 11.6. The average molecular weight is 273 g/mol. The van der Waals surface area contributed by atoms with Gasteiger partial charge in [-0.05, 0) is 30.7 Å². The number of amides is 1. The van der Waals surface area contributed by atoms with Gasteiger partial charge in [-0.2, -0.15) is 0 Å². The lowest BCUT2D eigenvalue weighted by molar-refractivity contribution is 0.0947. The number of aromatic nitrogens is 1. The summed E-state index contributed by atoms with van der Waals surface area (Å²) < 4.78 is 5.15. The minimum absolute atomic E-state index is 0.158. The van der Waals surface area contributed by atoms with Gasteiger partial charge in [0.05, 0.1) is 18.4 Å². The summed E-state index contributed by atoms with van der Waals surface area (Å²) in [4.78, 5) is 16.1. The minimum Gasteiger partial charge on any atom is -0.467 e. The average Bonchev–Trinajstić information content (AvgIpc) is 2.99. The summed E-state index contributed by atoms with van der Waals surface area (Å²) in [5.74, 6) is 1.36. The molecule has 0 spiro atoms. The number of rotatable bonds is 7. The number of anilines is 1. The van der Waals surface area contributed by atoms with E-state index in [2.05, 4.69) is 22.5 Å². The first-order valence-electron chi connectivity index (χ1n) is 6.80. The number of furan rings is 1. The van der Waals surface area contributed by atoms with Gasteiger partial charge in [-0.25, -0.2) is 4.98 Å². The lowest BCUT2D eigenvalue weighted by Gasteiger charge is -2.06. The summed E-state index contributed by atoms with van der Waals surface area (Å²) in [5.41, 5.74) is 0.539. The van der Waals surface area contributed by atoms with Crippen molar-refractivity contribution in [3.63, 3.8) is 0 Å². The van der Waals surface area contributed by atoms with Crippen LogP contribution in [0.2, 0.25) is 0 Å². The third-order valence-electron chi connectivity index (χ3n) is 2.87. The van der Waals surface area contributed by atoms with E-state index < -0.39 is 0 Å². The second-order valence-electron chi connectivity index (χ2n) is 4.47. The Labute approximate surface area is 118 Å². The molecule has 2 aromatic rings. The fourth-order valence-corrected chi connectivity index (χ4v) is 1.71. The number of nitrogens with one attached hydrogen (secondary N) is 2. The van der Waals surface area contributed by atoms with E-state index in [1.165, 1.54) is 0 Å². The highest BCUT2D eigenvalue weighted by atomic mass is 16.3. The molecule has 20 heavy (non-hydrogen) atoms. The number of pyridine rings is 1. The topological polar surface area (TPSA) is 67.2 Å². The molecule has 2 N–H and O–H groups in total. The highest BCUT2D eigenvalue weighted by molar-refractivity contribution is 5.93. The minimum atomic E-state index is -0.158. The van der Waals surface area contributed by atoms with Crippen LogP contribution < -0.4 is 10.6 Å². The van der Waals surface area contributed by atoms with Crippen molar-refractivity contribution in [3.05, 3.63) is 48.0 Å². The molecule has 5 heteroatoms. The van der Waals surface area contributed by atoms with E-state index in [-0.39, 0.29) is 5.91 Å². The number of unbranched alkanes of at least 4 members (excludes halogenated alkanes) is 1. The summed E-state index contributed by atoms with van der Waals surface area (Å²) in [6, 6.07) is 7.19. The van der Waals surface area contributed by atoms with Crippen LogP contribution in [0.25, 0.3) is 0 Å². The van der Waals surface area contributed by atoms with Crippen LogP contribution in [0.1, 0.15) is 35.9 Å². The number of carbonyl (C=O) groups is 1. The maximum Gasteiger partial charge on any atom is 0.253 e. The SMILES string of the molecule is CCCCNc1ccc(C(=O)NCc2ccco2)cn1. The molecule has 0 bridgehead atoms. The third kappa shape index (κ3) is 4.12. The molecule has 0 aromatic carbocycles. The Balaban J connectivity index is 1.84.